The molecule has 0 aliphatic rings. The van der Waals surface area contributed by atoms with E-state index in [1.54, 1.807) is 0 Å². The summed E-state index contributed by atoms with van der Waals surface area (Å²) in [6, 6.07) is 8.18. The maximum atomic E-state index is 6.02. The van der Waals surface area contributed by atoms with Crippen LogP contribution in [-0.4, -0.2) is 4.98 Å². The van der Waals surface area contributed by atoms with Gasteiger partial charge in [-0.2, -0.15) is 0 Å². The molecule has 0 aliphatic heterocycles. The molecule has 0 bridgehead atoms. The SMILES string of the molecule is CCc1cc(N)c2cccc(CC)c2n1. The monoisotopic (exact) mass is 200 g/mol. The second-order valence-electron chi connectivity index (χ2n) is 3.72. The van der Waals surface area contributed by atoms with Gasteiger partial charge in [0.25, 0.3) is 0 Å². The van der Waals surface area contributed by atoms with E-state index in [4.69, 9.17) is 5.73 Å². The van der Waals surface area contributed by atoms with Crippen molar-refractivity contribution in [1.29, 1.82) is 0 Å². The van der Waals surface area contributed by atoms with Gasteiger partial charge in [0.2, 0.25) is 0 Å². The van der Waals surface area contributed by atoms with Gasteiger partial charge in [-0.25, -0.2) is 0 Å². The molecule has 0 saturated heterocycles. The number of aryl methyl sites for hydroxylation is 2. The number of benzene rings is 1. The Morgan fingerprint density at radius 1 is 1.20 bits per heavy atom. The van der Waals surface area contributed by atoms with E-state index in [0.717, 1.165) is 35.1 Å². The zero-order valence-corrected chi connectivity index (χ0v) is 9.25. The smallest absolute Gasteiger partial charge is 0.0757 e. The molecule has 2 N–H and O–H groups in total. The highest BCUT2D eigenvalue weighted by molar-refractivity contribution is 5.92. The second-order valence-corrected chi connectivity index (χ2v) is 3.72. The molecule has 1 heterocycles. The van der Waals surface area contributed by atoms with Crippen molar-refractivity contribution < 1.29 is 0 Å². The Kier molecular flexibility index (Phi) is 2.58. The lowest BCUT2D eigenvalue weighted by Crippen LogP contribution is -1.97. The van der Waals surface area contributed by atoms with Crippen LogP contribution in [0, 0.1) is 0 Å². The van der Waals surface area contributed by atoms with Gasteiger partial charge in [-0.1, -0.05) is 32.0 Å². The standard InChI is InChI=1S/C13H16N2/c1-3-9-6-5-7-11-12(14)8-10(4-2)15-13(9)11/h5-8H,3-4H2,1-2H3,(H2,14,15). The Labute approximate surface area is 90.1 Å². The van der Waals surface area contributed by atoms with Crippen molar-refractivity contribution in [2.75, 3.05) is 5.73 Å². The van der Waals surface area contributed by atoms with Crippen LogP contribution in [0.3, 0.4) is 0 Å². The Hall–Kier alpha value is -1.57. The Balaban J connectivity index is 2.79. The topological polar surface area (TPSA) is 38.9 Å². The molecule has 0 amide bonds. The predicted octanol–water partition coefficient (Wildman–Crippen LogP) is 2.94. The molecular weight excluding hydrogens is 184 g/mol. The third kappa shape index (κ3) is 1.67. The average Bonchev–Trinajstić information content (AvgIpc) is 2.28. The van der Waals surface area contributed by atoms with Gasteiger partial charge in [-0.05, 0) is 24.5 Å². The zero-order chi connectivity index (χ0) is 10.8. The highest BCUT2D eigenvalue weighted by Gasteiger charge is 2.05. The third-order valence-corrected chi connectivity index (χ3v) is 2.75. The van der Waals surface area contributed by atoms with Gasteiger partial charge in [-0.3, -0.25) is 4.98 Å². The van der Waals surface area contributed by atoms with Crippen LogP contribution < -0.4 is 5.73 Å². The minimum Gasteiger partial charge on any atom is -0.398 e. The van der Waals surface area contributed by atoms with E-state index >= 15 is 0 Å². The number of nitrogen functional groups attached to an aromatic ring is 1. The lowest BCUT2D eigenvalue weighted by molar-refractivity contribution is 1.05. The molecule has 2 heteroatoms. The fourth-order valence-electron chi connectivity index (χ4n) is 1.86. The average molecular weight is 200 g/mol. The fourth-order valence-corrected chi connectivity index (χ4v) is 1.86. The molecule has 1 aromatic heterocycles. The van der Waals surface area contributed by atoms with Crippen LogP contribution in [0.15, 0.2) is 24.3 Å². The molecule has 0 radical (unpaired) electrons. The number of hydrogen-bond acceptors (Lipinski definition) is 2. The summed E-state index contributed by atoms with van der Waals surface area (Å²) in [5.41, 5.74) is 10.3. The van der Waals surface area contributed by atoms with Crippen molar-refractivity contribution in [1.82, 2.24) is 4.98 Å². The van der Waals surface area contributed by atoms with Crippen molar-refractivity contribution in [3.8, 4) is 0 Å². The molecule has 78 valence electrons. The minimum atomic E-state index is 0.840. The number of fused-ring (bicyclic) bond motifs is 1. The number of para-hydroxylation sites is 1. The summed E-state index contributed by atoms with van der Waals surface area (Å²) in [5, 5.41) is 1.08. The van der Waals surface area contributed by atoms with E-state index in [-0.39, 0.29) is 0 Å². The van der Waals surface area contributed by atoms with Gasteiger partial charge in [0.1, 0.15) is 0 Å². The highest BCUT2D eigenvalue weighted by atomic mass is 14.7. The van der Waals surface area contributed by atoms with Crippen molar-refractivity contribution in [3.63, 3.8) is 0 Å². The summed E-state index contributed by atoms with van der Waals surface area (Å²) in [6.45, 7) is 4.24. The first-order chi connectivity index (χ1) is 7.26. The summed E-state index contributed by atoms with van der Waals surface area (Å²) >= 11 is 0. The summed E-state index contributed by atoms with van der Waals surface area (Å²) in [4.78, 5) is 4.65. The maximum absolute atomic E-state index is 6.02. The summed E-state index contributed by atoms with van der Waals surface area (Å²) in [7, 11) is 0. The zero-order valence-electron chi connectivity index (χ0n) is 9.25. The summed E-state index contributed by atoms with van der Waals surface area (Å²) in [6.07, 6.45) is 1.93. The molecule has 2 rings (SSSR count). The number of anilines is 1. The van der Waals surface area contributed by atoms with Gasteiger partial charge < -0.3 is 5.73 Å². The van der Waals surface area contributed by atoms with Gasteiger partial charge in [0.05, 0.1) is 5.52 Å². The summed E-state index contributed by atoms with van der Waals surface area (Å²) in [5.74, 6) is 0. The Morgan fingerprint density at radius 3 is 2.67 bits per heavy atom. The van der Waals surface area contributed by atoms with Crippen LogP contribution >= 0.6 is 0 Å². The third-order valence-electron chi connectivity index (χ3n) is 2.75. The Bertz CT molecular complexity index is 489. The molecule has 0 unspecified atom stereocenters. The van der Waals surface area contributed by atoms with Crippen LogP contribution in [0.1, 0.15) is 25.1 Å². The molecule has 1 aromatic carbocycles. The van der Waals surface area contributed by atoms with Crippen molar-refractivity contribution in [2.45, 2.75) is 26.7 Å². The van der Waals surface area contributed by atoms with E-state index in [2.05, 4.69) is 24.9 Å². The number of rotatable bonds is 2. The largest absolute Gasteiger partial charge is 0.398 e. The molecule has 0 atom stereocenters. The first kappa shape index (κ1) is 9.97. The van der Waals surface area contributed by atoms with Crippen LogP contribution in [0.4, 0.5) is 5.69 Å². The lowest BCUT2D eigenvalue weighted by atomic mass is 10.1. The predicted molar refractivity (Wildman–Crippen MR) is 64.9 cm³/mol. The molecule has 0 saturated carbocycles. The molecule has 0 fully saturated rings. The fraction of sp³-hybridized carbons (Fsp3) is 0.308. The van der Waals surface area contributed by atoms with Gasteiger partial charge in [0.15, 0.2) is 0 Å². The number of aromatic nitrogens is 1. The number of hydrogen-bond donors (Lipinski definition) is 1. The van der Waals surface area contributed by atoms with Crippen LogP contribution in [-0.2, 0) is 12.8 Å². The van der Waals surface area contributed by atoms with E-state index in [1.807, 2.05) is 18.2 Å². The van der Waals surface area contributed by atoms with Crippen molar-refractivity contribution >= 4 is 16.6 Å². The number of pyridine rings is 1. The molecule has 0 aliphatic carbocycles. The number of nitrogens with zero attached hydrogens (tertiary/aromatic N) is 1. The van der Waals surface area contributed by atoms with Crippen LogP contribution in [0.25, 0.3) is 10.9 Å². The lowest BCUT2D eigenvalue weighted by Gasteiger charge is -2.08. The van der Waals surface area contributed by atoms with Crippen molar-refractivity contribution in [3.05, 3.63) is 35.5 Å². The normalized spacial score (nSPS) is 10.8. The minimum absolute atomic E-state index is 0.840. The molecule has 2 aromatic rings. The van der Waals surface area contributed by atoms with Gasteiger partial charge in [0, 0.05) is 16.8 Å². The van der Waals surface area contributed by atoms with E-state index < -0.39 is 0 Å². The first-order valence-electron chi connectivity index (χ1n) is 5.43. The van der Waals surface area contributed by atoms with Crippen LogP contribution in [0.5, 0.6) is 0 Å². The maximum Gasteiger partial charge on any atom is 0.0757 e. The van der Waals surface area contributed by atoms with E-state index in [9.17, 15) is 0 Å². The summed E-state index contributed by atoms with van der Waals surface area (Å²) < 4.78 is 0. The van der Waals surface area contributed by atoms with Gasteiger partial charge >= 0.3 is 0 Å². The number of nitrogens with two attached hydrogens (primary N) is 1. The molecular formula is C13H16N2. The Morgan fingerprint density at radius 2 is 2.00 bits per heavy atom. The highest BCUT2D eigenvalue weighted by Crippen LogP contribution is 2.23. The molecule has 2 nitrogen and oxygen atoms in total. The first-order valence-corrected chi connectivity index (χ1v) is 5.43. The van der Waals surface area contributed by atoms with Gasteiger partial charge in [-0.15, -0.1) is 0 Å². The van der Waals surface area contributed by atoms with E-state index in [1.165, 1.54) is 5.56 Å². The molecule has 15 heavy (non-hydrogen) atoms. The van der Waals surface area contributed by atoms with E-state index in [0.29, 0.717) is 0 Å². The molecule has 0 spiro atoms. The van der Waals surface area contributed by atoms with Crippen LogP contribution in [0.2, 0.25) is 0 Å². The second kappa shape index (κ2) is 3.89. The quantitative estimate of drug-likeness (QED) is 0.809. The van der Waals surface area contributed by atoms with Crippen molar-refractivity contribution in [2.24, 2.45) is 0 Å².